The number of hydrogen-bond acceptors (Lipinski definition) is 3. The highest BCUT2D eigenvalue weighted by atomic mass is 79.9. The van der Waals surface area contributed by atoms with E-state index in [4.69, 9.17) is 9.47 Å². The molecule has 0 spiro atoms. The molecular weight excluding hydrogens is 320 g/mol. The van der Waals surface area contributed by atoms with E-state index >= 15 is 0 Å². The van der Waals surface area contributed by atoms with Crippen LogP contribution in [0.4, 0.5) is 0 Å². The zero-order valence-electron chi connectivity index (χ0n) is 11.4. The van der Waals surface area contributed by atoms with Crippen LogP contribution in [0.25, 0.3) is 0 Å². The highest BCUT2D eigenvalue weighted by Crippen LogP contribution is 2.27. The van der Waals surface area contributed by atoms with Crippen LogP contribution in [-0.4, -0.2) is 12.6 Å². The minimum Gasteiger partial charge on any atom is -0.493 e. The zero-order valence-corrected chi connectivity index (χ0v) is 12.9. The minimum absolute atomic E-state index is 0.386. The molecule has 0 aliphatic carbocycles. The van der Waals surface area contributed by atoms with E-state index in [1.807, 2.05) is 32.0 Å². The molecule has 0 bridgehead atoms. The van der Waals surface area contributed by atoms with E-state index in [1.54, 1.807) is 24.3 Å². The second-order valence-electron chi connectivity index (χ2n) is 4.23. The van der Waals surface area contributed by atoms with Crippen molar-refractivity contribution >= 4 is 21.9 Å². The summed E-state index contributed by atoms with van der Waals surface area (Å²) < 4.78 is 11.5. The van der Waals surface area contributed by atoms with Crippen molar-refractivity contribution in [2.24, 2.45) is 0 Å². The fourth-order valence-corrected chi connectivity index (χ4v) is 2.22. The van der Waals surface area contributed by atoms with Gasteiger partial charge in [0.1, 0.15) is 11.5 Å². The minimum atomic E-state index is -0.386. The molecule has 0 heterocycles. The van der Waals surface area contributed by atoms with Crippen LogP contribution in [0.3, 0.4) is 0 Å². The van der Waals surface area contributed by atoms with Crippen LogP contribution >= 0.6 is 15.9 Å². The van der Waals surface area contributed by atoms with Crippen molar-refractivity contribution in [1.29, 1.82) is 0 Å². The van der Waals surface area contributed by atoms with Gasteiger partial charge in [-0.2, -0.15) is 0 Å². The number of halogens is 1. The first-order chi connectivity index (χ1) is 9.61. The Kier molecular flexibility index (Phi) is 4.79. The van der Waals surface area contributed by atoms with Crippen LogP contribution in [0.2, 0.25) is 0 Å². The zero-order chi connectivity index (χ0) is 14.5. The van der Waals surface area contributed by atoms with Gasteiger partial charge in [0.25, 0.3) is 0 Å². The highest BCUT2D eigenvalue weighted by Gasteiger charge is 2.12. The molecule has 0 radical (unpaired) electrons. The summed E-state index contributed by atoms with van der Waals surface area (Å²) >= 11 is 3.38. The average molecular weight is 335 g/mol. The van der Waals surface area contributed by atoms with E-state index in [9.17, 15) is 4.79 Å². The van der Waals surface area contributed by atoms with Gasteiger partial charge in [0.2, 0.25) is 0 Å². The summed E-state index contributed by atoms with van der Waals surface area (Å²) in [7, 11) is 0. The van der Waals surface area contributed by atoms with Crippen molar-refractivity contribution in [2.75, 3.05) is 6.61 Å². The van der Waals surface area contributed by atoms with E-state index in [2.05, 4.69) is 15.9 Å². The second-order valence-corrected chi connectivity index (χ2v) is 5.09. The lowest BCUT2D eigenvalue weighted by atomic mass is 10.2. The molecule has 2 aromatic rings. The maximum Gasteiger partial charge on any atom is 0.343 e. The third-order valence-corrected chi connectivity index (χ3v) is 3.38. The number of rotatable bonds is 4. The number of hydrogen-bond donors (Lipinski definition) is 0. The Bertz CT molecular complexity index is 623. The van der Waals surface area contributed by atoms with E-state index in [-0.39, 0.29) is 5.97 Å². The van der Waals surface area contributed by atoms with Crippen molar-refractivity contribution in [1.82, 2.24) is 0 Å². The van der Waals surface area contributed by atoms with Gasteiger partial charge < -0.3 is 9.47 Å². The van der Waals surface area contributed by atoms with Gasteiger partial charge in [-0.05, 0) is 59.6 Å². The molecule has 0 amide bonds. The summed E-state index contributed by atoms with van der Waals surface area (Å²) in [6.07, 6.45) is 0. The van der Waals surface area contributed by atoms with E-state index in [0.29, 0.717) is 23.7 Å². The second kappa shape index (κ2) is 6.57. The van der Waals surface area contributed by atoms with Gasteiger partial charge in [0.15, 0.2) is 0 Å². The standard InChI is InChI=1S/C16H15BrO3/c1-3-19-15-9-8-12(10-13(15)17)16(18)20-14-7-5-4-6-11(14)2/h4-10H,3H2,1-2H3. The number of para-hydroxylation sites is 1. The molecule has 104 valence electrons. The van der Waals surface area contributed by atoms with E-state index in [0.717, 1.165) is 10.0 Å². The number of carbonyl (C=O) groups excluding carboxylic acids is 1. The van der Waals surface area contributed by atoms with E-state index in [1.165, 1.54) is 0 Å². The van der Waals surface area contributed by atoms with Crippen molar-refractivity contribution in [3.8, 4) is 11.5 Å². The Hall–Kier alpha value is -1.81. The predicted octanol–water partition coefficient (Wildman–Crippen LogP) is 4.38. The van der Waals surface area contributed by atoms with Gasteiger partial charge in [0.05, 0.1) is 16.6 Å². The number of benzene rings is 2. The molecular formula is C16H15BrO3. The normalized spacial score (nSPS) is 10.2. The molecule has 2 aromatic carbocycles. The molecule has 0 atom stereocenters. The molecule has 0 aliphatic heterocycles. The third-order valence-electron chi connectivity index (χ3n) is 2.76. The molecule has 0 saturated carbocycles. The maximum absolute atomic E-state index is 12.1. The van der Waals surface area contributed by atoms with Gasteiger partial charge in [-0.25, -0.2) is 4.79 Å². The van der Waals surface area contributed by atoms with Crippen LogP contribution in [0.1, 0.15) is 22.8 Å². The first kappa shape index (κ1) is 14.6. The maximum atomic E-state index is 12.1. The molecule has 0 aromatic heterocycles. The lowest BCUT2D eigenvalue weighted by Crippen LogP contribution is -2.09. The molecule has 0 N–H and O–H groups in total. The Morgan fingerprint density at radius 2 is 1.90 bits per heavy atom. The SMILES string of the molecule is CCOc1ccc(C(=O)Oc2ccccc2C)cc1Br. The van der Waals surface area contributed by atoms with Gasteiger partial charge >= 0.3 is 5.97 Å². The molecule has 3 nitrogen and oxygen atoms in total. The smallest absolute Gasteiger partial charge is 0.343 e. The van der Waals surface area contributed by atoms with Crippen molar-refractivity contribution < 1.29 is 14.3 Å². The molecule has 0 unspecified atom stereocenters. The number of carbonyl (C=O) groups is 1. The van der Waals surface area contributed by atoms with Gasteiger partial charge in [0, 0.05) is 0 Å². The molecule has 4 heteroatoms. The summed E-state index contributed by atoms with van der Waals surface area (Å²) in [5.41, 5.74) is 1.40. The largest absolute Gasteiger partial charge is 0.493 e. The molecule has 0 aliphatic rings. The Labute approximate surface area is 126 Å². The molecule has 20 heavy (non-hydrogen) atoms. The molecule has 2 rings (SSSR count). The van der Waals surface area contributed by atoms with Crippen molar-refractivity contribution in [3.63, 3.8) is 0 Å². The molecule has 0 saturated heterocycles. The molecule has 0 fully saturated rings. The number of esters is 1. The lowest BCUT2D eigenvalue weighted by molar-refractivity contribution is 0.0733. The predicted molar refractivity (Wildman–Crippen MR) is 81.4 cm³/mol. The summed E-state index contributed by atoms with van der Waals surface area (Å²) in [5.74, 6) is 0.894. The highest BCUT2D eigenvalue weighted by molar-refractivity contribution is 9.10. The van der Waals surface area contributed by atoms with Crippen LogP contribution in [-0.2, 0) is 0 Å². The van der Waals surface area contributed by atoms with Gasteiger partial charge in [-0.15, -0.1) is 0 Å². The first-order valence-corrected chi connectivity index (χ1v) is 7.11. The number of ether oxygens (including phenoxy) is 2. The fraction of sp³-hybridized carbons (Fsp3) is 0.188. The Balaban J connectivity index is 2.18. The fourth-order valence-electron chi connectivity index (χ4n) is 1.73. The summed E-state index contributed by atoms with van der Waals surface area (Å²) in [4.78, 5) is 12.1. The first-order valence-electron chi connectivity index (χ1n) is 6.32. The summed E-state index contributed by atoms with van der Waals surface area (Å²) in [6.45, 7) is 4.38. The van der Waals surface area contributed by atoms with Gasteiger partial charge in [-0.1, -0.05) is 18.2 Å². The van der Waals surface area contributed by atoms with E-state index < -0.39 is 0 Å². The van der Waals surface area contributed by atoms with Crippen molar-refractivity contribution in [2.45, 2.75) is 13.8 Å². The quantitative estimate of drug-likeness (QED) is 0.615. The van der Waals surface area contributed by atoms with Crippen LogP contribution in [0.5, 0.6) is 11.5 Å². The lowest BCUT2D eigenvalue weighted by Gasteiger charge is -2.09. The topological polar surface area (TPSA) is 35.5 Å². The summed E-state index contributed by atoms with van der Waals surface area (Å²) in [5, 5.41) is 0. The van der Waals surface area contributed by atoms with Crippen LogP contribution in [0, 0.1) is 6.92 Å². The van der Waals surface area contributed by atoms with Crippen LogP contribution in [0.15, 0.2) is 46.9 Å². The van der Waals surface area contributed by atoms with Crippen LogP contribution < -0.4 is 9.47 Å². The monoisotopic (exact) mass is 334 g/mol. The van der Waals surface area contributed by atoms with Crippen molar-refractivity contribution in [3.05, 3.63) is 58.1 Å². The number of aryl methyl sites for hydroxylation is 1. The average Bonchev–Trinajstić information content (AvgIpc) is 2.43. The Morgan fingerprint density at radius 3 is 2.55 bits per heavy atom. The summed E-state index contributed by atoms with van der Waals surface area (Å²) in [6, 6.07) is 12.6. The van der Waals surface area contributed by atoms with Gasteiger partial charge in [-0.3, -0.25) is 0 Å². The Morgan fingerprint density at radius 1 is 1.15 bits per heavy atom. The third kappa shape index (κ3) is 3.39.